The molecule has 226 valence electrons. The van der Waals surface area contributed by atoms with Crippen molar-refractivity contribution in [3.05, 3.63) is 88.9 Å². The van der Waals surface area contributed by atoms with Gasteiger partial charge in [0.1, 0.15) is 24.1 Å². The molecule has 0 unspecified atom stereocenters. The van der Waals surface area contributed by atoms with E-state index in [4.69, 9.17) is 21.1 Å². The van der Waals surface area contributed by atoms with Crippen LogP contribution >= 0.6 is 11.6 Å². The summed E-state index contributed by atoms with van der Waals surface area (Å²) in [6.07, 6.45) is 1.23. The molecule has 0 saturated heterocycles. The number of benzene rings is 3. The van der Waals surface area contributed by atoms with Gasteiger partial charge in [0.25, 0.3) is 0 Å². The molecule has 9 nitrogen and oxygen atoms in total. The smallest absolute Gasteiger partial charge is 0.244 e. The molecule has 0 saturated carbocycles. The van der Waals surface area contributed by atoms with Crippen molar-refractivity contribution in [2.75, 3.05) is 37.9 Å². The van der Waals surface area contributed by atoms with Crippen LogP contribution < -0.4 is 19.1 Å². The first-order chi connectivity index (χ1) is 19.9. The van der Waals surface area contributed by atoms with E-state index in [0.717, 1.165) is 16.1 Å². The minimum atomic E-state index is -3.98. The minimum Gasteiger partial charge on any atom is -0.497 e. The number of hydrogen-bond donors (Lipinski definition) is 1. The van der Waals surface area contributed by atoms with Gasteiger partial charge in [0.15, 0.2) is 0 Å². The zero-order valence-electron chi connectivity index (χ0n) is 24.5. The number of methoxy groups -OCH3 is 2. The summed E-state index contributed by atoms with van der Waals surface area (Å²) in [6.45, 7) is 3.83. The Labute approximate surface area is 253 Å². The van der Waals surface area contributed by atoms with Gasteiger partial charge in [0, 0.05) is 24.5 Å². The zero-order chi connectivity index (χ0) is 30.9. The van der Waals surface area contributed by atoms with E-state index in [1.54, 1.807) is 31.4 Å². The predicted molar refractivity (Wildman–Crippen MR) is 166 cm³/mol. The van der Waals surface area contributed by atoms with Gasteiger partial charge in [-0.15, -0.1) is 0 Å². The number of sulfonamides is 1. The van der Waals surface area contributed by atoms with Crippen LogP contribution in [0.1, 0.15) is 25.0 Å². The maximum absolute atomic E-state index is 14.2. The molecule has 3 rings (SSSR count). The van der Waals surface area contributed by atoms with Crippen LogP contribution in [0.2, 0.25) is 5.02 Å². The fourth-order valence-electron chi connectivity index (χ4n) is 4.40. The summed E-state index contributed by atoms with van der Waals surface area (Å²) in [7, 11) is -1.03. The Morgan fingerprint density at radius 2 is 1.62 bits per heavy atom. The summed E-state index contributed by atoms with van der Waals surface area (Å²) in [5, 5.41) is 3.23. The molecule has 0 aromatic heterocycles. The Balaban J connectivity index is 2.10. The van der Waals surface area contributed by atoms with Crippen LogP contribution in [0.25, 0.3) is 0 Å². The topological polar surface area (TPSA) is 105 Å². The van der Waals surface area contributed by atoms with E-state index < -0.39 is 28.5 Å². The maximum Gasteiger partial charge on any atom is 0.244 e. The van der Waals surface area contributed by atoms with Crippen molar-refractivity contribution in [2.24, 2.45) is 5.92 Å². The van der Waals surface area contributed by atoms with Gasteiger partial charge in [-0.3, -0.25) is 13.9 Å². The number of halogens is 1. The lowest BCUT2D eigenvalue weighted by Crippen LogP contribution is -2.53. The second kappa shape index (κ2) is 14.9. The minimum absolute atomic E-state index is 0.0346. The van der Waals surface area contributed by atoms with Crippen molar-refractivity contribution in [1.29, 1.82) is 0 Å². The van der Waals surface area contributed by atoms with Crippen LogP contribution in [-0.2, 0) is 32.6 Å². The number of ether oxygens (including phenoxy) is 2. The summed E-state index contributed by atoms with van der Waals surface area (Å²) in [6, 6.07) is 20.1. The molecule has 3 aromatic carbocycles. The van der Waals surface area contributed by atoms with Gasteiger partial charge < -0.3 is 19.7 Å². The number of nitrogens with one attached hydrogen (secondary N) is 1. The Morgan fingerprint density at radius 1 is 0.929 bits per heavy atom. The van der Waals surface area contributed by atoms with Gasteiger partial charge in [-0.05, 0) is 47.4 Å². The normalized spacial score (nSPS) is 12.0. The first-order valence-corrected chi connectivity index (χ1v) is 15.7. The van der Waals surface area contributed by atoms with Gasteiger partial charge in [-0.25, -0.2) is 8.42 Å². The third-order valence-electron chi connectivity index (χ3n) is 6.53. The third-order valence-corrected chi connectivity index (χ3v) is 7.89. The fraction of sp³-hybridized carbons (Fsp3) is 0.355. The summed E-state index contributed by atoms with van der Waals surface area (Å²) in [5.41, 5.74) is 1.68. The quantitative estimate of drug-likeness (QED) is 0.286. The average Bonchev–Trinajstić information content (AvgIpc) is 2.96. The largest absolute Gasteiger partial charge is 0.497 e. The molecule has 2 amide bonds. The van der Waals surface area contributed by atoms with E-state index in [0.29, 0.717) is 17.9 Å². The molecule has 0 heterocycles. The Morgan fingerprint density at radius 3 is 2.24 bits per heavy atom. The van der Waals surface area contributed by atoms with E-state index in [1.807, 2.05) is 50.2 Å². The van der Waals surface area contributed by atoms with Crippen LogP contribution in [0.15, 0.2) is 72.8 Å². The van der Waals surface area contributed by atoms with E-state index in [2.05, 4.69) is 5.32 Å². The number of hydrogen-bond acceptors (Lipinski definition) is 6. The van der Waals surface area contributed by atoms with Gasteiger partial charge in [0.2, 0.25) is 21.8 Å². The van der Waals surface area contributed by atoms with Gasteiger partial charge in [-0.2, -0.15) is 0 Å². The molecular weight excluding hydrogens is 578 g/mol. The Bertz CT molecular complexity index is 1470. The average molecular weight is 616 g/mol. The number of rotatable bonds is 14. The number of amides is 2. The first-order valence-electron chi connectivity index (χ1n) is 13.5. The van der Waals surface area contributed by atoms with Crippen molar-refractivity contribution in [1.82, 2.24) is 10.2 Å². The predicted octanol–water partition coefficient (Wildman–Crippen LogP) is 4.54. The molecule has 0 spiro atoms. The highest BCUT2D eigenvalue weighted by molar-refractivity contribution is 7.92. The van der Waals surface area contributed by atoms with Crippen LogP contribution in [0.5, 0.6) is 11.5 Å². The number of carbonyl (C=O) groups excluding carboxylic acids is 2. The van der Waals surface area contributed by atoms with Crippen LogP contribution in [0.3, 0.4) is 0 Å². The van der Waals surface area contributed by atoms with Crippen molar-refractivity contribution in [3.8, 4) is 11.5 Å². The molecule has 42 heavy (non-hydrogen) atoms. The summed E-state index contributed by atoms with van der Waals surface area (Å²) >= 11 is 6.21. The van der Waals surface area contributed by atoms with Crippen molar-refractivity contribution in [3.63, 3.8) is 0 Å². The molecule has 0 bridgehead atoms. The third kappa shape index (κ3) is 9.12. The highest BCUT2D eigenvalue weighted by Gasteiger charge is 2.34. The lowest BCUT2D eigenvalue weighted by atomic mass is 10.0. The molecule has 0 fully saturated rings. The van der Waals surface area contributed by atoms with Gasteiger partial charge in [-0.1, -0.05) is 67.9 Å². The first kappa shape index (κ1) is 32.8. The van der Waals surface area contributed by atoms with E-state index in [1.165, 1.54) is 24.1 Å². The molecule has 0 aliphatic carbocycles. The maximum atomic E-state index is 14.2. The van der Waals surface area contributed by atoms with E-state index in [-0.39, 0.29) is 41.3 Å². The van der Waals surface area contributed by atoms with Crippen molar-refractivity contribution >= 4 is 39.1 Å². The lowest BCUT2D eigenvalue weighted by Gasteiger charge is -2.34. The van der Waals surface area contributed by atoms with Gasteiger partial charge >= 0.3 is 0 Å². The van der Waals surface area contributed by atoms with E-state index in [9.17, 15) is 18.0 Å². The molecule has 0 radical (unpaired) electrons. The number of anilines is 1. The molecule has 0 aliphatic rings. The Hall–Kier alpha value is -3.76. The van der Waals surface area contributed by atoms with Crippen LogP contribution in [0.4, 0.5) is 5.69 Å². The monoisotopic (exact) mass is 615 g/mol. The van der Waals surface area contributed by atoms with Crippen molar-refractivity contribution in [2.45, 2.75) is 32.9 Å². The molecule has 1 N–H and O–H groups in total. The lowest BCUT2D eigenvalue weighted by molar-refractivity contribution is -0.140. The molecule has 11 heteroatoms. The summed E-state index contributed by atoms with van der Waals surface area (Å²) in [4.78, 5) is 29.4. The highest BCUT2D eigenvalue weighted by atomic mass is 35.5. The summed E-state index contributed by atoms with van der Waals surface area (Å²) < 4.78 is 37.8. The summed E-state index contributed by atoms with van der Waals surface area (Å²) in [5.74, 6) is 0.0866. The second-order valence-corrected chi connectivity index (χ2v) is 12.6. The van der Waals surface area contributed by atoms with Crippen LogP contribution in [-0.4, -0.2) is 64.7 Å². The molecule has 1 atom stereocenters. The molecule has 0 aliphatic heterocycles. The van der Waals surface area contributed by atoms with E-state index >= 15 is 0 Å². The Kier molecular flexibility index (Phi) is 11.6. The number of nitrogens with zero attached hydrogens (tertiary/aromatic N) is 2. The van der Waals surface area contributed by atoms with Crippen LogP contribution in [0, 0.1) is 5.92 Å². The van der Waals surface area contributed by atoms with Gasteiger partial charge in [0.05, 0.1) is 26.2 Å². The second-order valence-electron chi connectivity index (χ2n) is 10.3. The highest BCUT2D eigenvalue weighted by Crippen LogP contribution is 2.33. The SMILES string of the molecule is COc1cccc(CN(C(=O)CN(c2cc(Cl)ccc2OC)S(C)(=O)=O)[C@H](Cc2ccccc2)C(=O)NCC(C)C)c1. The zero-order valence-corrected chi connectivity index (χ0v) is 26.1. The standard InChI is InChI=1S/C31H38ClN3O6S/c1-22(2)19-33-31(37)28(17-23-10-7-6-8-11-23)34(20-24-12-9-13-26(16-24)40-3)30(36)21-35(42(5,38)39)27-18-25(32)14-15-29(27)41-4/h6-16,18,22,28H,17,19-21H2,1-5H3,(H,33,37)/t28-/m1/s1. The molecular formula is C31H38ClN3O6S. The fourth-order valence-corrected chi connectivity index (χ4v) is 5.41. The molecule has 3 aromatic rings. The van der Waals surface area contributed by atoms with Crippen molar-refractivity contribution < 1.29 is 27.5 Å². The number of carbonyl (C=O) groups is 2.